The normalized spacial score (nSPS) is 16.6. The van der Waals surface area contributed by atoms with Gasteiger partial charge in [0.25, 0.3) is 0 Å². The van der Waals surface area contributed by atoms with Gasteiger partial charge in [0.2, 0.25) is 5.91 Å². The van der Waals surface area contributed by atoms with E-state index in [1.54, 1.807) is 7.11 Å². The Labute approximate surface area is 126 Å². The zero-order valence-corrected chi connectivity index (χ0v) is 12.6. The van der Waals surface area contributed by atoms with Crippen LogP contribution in [-0.2, 0) is 9.53 Å². The Hall–Kier alpha value is -1.59. The van der Waals surface area contributed by atoms with E-state index in [0.29, 0.717) is 25.8 Å². The molecule has 1 fully saturated rings. The highest BCUT2D eigenvalue weighted by molar-refractivity contribution is 5.78. The fourth-order valence-corrected chi connectivity index (χ4v) is 2.44. The van der Waals surface area contributed by atoms with Gasteiger partial charge in [-0.3, -0.25) is 9.69 Å². The van der Waals surface area contributed by atoms with Crippen molar-refractivity contribution in [2.75, 3.05) is 39.9 Å². The third kappa shape index (κ3) is 5.73. The molecule has 0 saturated carbocycles. The molecule has 2 rings (SSSR count). The van der Waals surface area contributed by atoms with E-state index in [9.17, 15) is 4.79 Å². The number of amides is 1. The van der Waals surface area contributed by atoms with Crippen molar-refractivity contribution in [2.24, 2.45) is 0 Å². The zero-order chi connectivity index (χ0) is 14.9. The van der Waals surface area contributed by atoms with Crippen molar-refractivity contribution in [3.63, 3.8) is 0 Å². The number of para-hydroxylation sites is 1. The summed E-state index contributed by atoms with van der Waals surface area (Å²) in [5.74, 6) is 0.885. The van der Waals surface area contributed by atoms with Crippen LogP contribution in [0.1, 0.15) is 12.8 Å². The summed E-state index contributed by atoms with van der Waals surface area (Å²) in [6, 6.07) is 9.61. The summed E-state index contributed by atoms with van der Waals surface area (Å²) in [7, 11) is 1.75. The number of methoxy groups -OCH3 is 1. The van der Waals surface area contributed by atoms with E-state index in [1.807, 2.05) is 30.3 Å². The van der Waals surface area contributed by atoms with Crippen LogP contribution in [0.2, 0.25) is 0 Å². The van der Waals surface area contributed by atoms with Gasteiger partial charge in [-0.25, -0.2) is 0 Å². The summed E-state index contributed by atoms with van der Waals surface area (Å²) >= 11 is 0. The van der Waals surface area contributed by atoms with E-state index in [0.717, 1.165) is 31.7 Å². The number of rotatable bonds is 7. The van der Waals surface area contributed by atoms with Crippen molar-refractivity contribution in [2.45, 2.75) is 18.9 Å². The SMILES string of the molecule is COC1CCN(CC(=O)NCCOc2ccccc2)CC1. The molecule has 1 aliphatic rings. The van der Waals surface area contributed by atoms with E-state index in [1.165, 1.54) is 0 Å². The van der Waals surface area contributed by atoms with E-state index >= 15 is 0 Å². The lowest BCUT2D eigenvalue weighted by molar-refractivity contribution is -0.123. The van der Waals surface area contributed by atoms with Gasteiger partial charge in [-0.2, -0.15) is 0 Å². The van der Waals surface area contributed by atoms with Gasteiger partial charge in [0.15, 0.2) is 0 Å². The van der Waals surface area contributed by atoms with Crippen molar-refractivity contribution in [3.8, 4) is 5.75 Å². The first kappa shape index (κ1) is 15.8. The lowest BCUT2D eigenvalue weighted by atomic mass is 10.1. The summed E-state index contributed by atoms with van der Waals surface area (Å²) in [5.41, 5.74) is 0. The molecule has 1 aromatic carbocycles. The van der Waals surface area contributed by atoms with Crippen molar-refractivity contribution in [3.05, 3.63) is 30.3 Å². The van der Waals surface area contributed by atoms with Crippen LogP contribution in [0.5, 0.6) is 5.75 Å². The summed E-state index contributed by atoms with van der Waals surface area (Å²) in [6.45, 7) is 3.32. The van der Waals surface area contributed by atoms with Gasteiger partial charge in [-0.05, 0) is 25.0 Å². The number of ether oxygens (including phenoxy) is 2. The molecule has 1 N–H and O–H groups in total. The molecule has 0 bridgehead atoms. The molecule has 21 heavy (non-hydrogen) atoms. The number of nitrogens with one attached hydrogen (secondary N) is 1. The molecule has 0 aromatic heterocycles. The largest absolute Gasteiger partial charge is 0.492 e. The molecule has 5 heteroatoms. The maximum Gasteiger partial charge on any atom is 0.234 e. The van der Waals surface area contributed by atoms with Crippen molar-refractivity contribution < 1.29 is 14.3 Å². The van der Waals surface area contributed by atoms with Gasteiger partial charge in [0.1, 0.15) is 12.4 Å². The van der Waals surface area contributed by atoms with Crippen LogP contribution < -0.4 is 10.1 Å². The highest BCUT2D eigenvalue weighted by Gasteiger charge is 2.20. The Kier molecular flexibility index (Phi) is 6.50. The Balaban J connectivity index is 1.56. The monoisotopic (exact) mass is 292 g/mol. The molecule has 0 spiro atoms. The van der Waals surface area contributed by atoms with Crippen molar-refractivity contribution in [1.82, 2.24) is 10.2 Å². The lowest BCUT2D eigenvalue weighted by Gasteiger charge is -2.30. The second-order valence-corrected chi connectivity index (χ2v) is 5.22. The molecule has 116 valence electrons. The Bertz CT molecular complexity index is 417. The van der Waals surface area contributed by atoms with Gasteiger partial charge in [-0.15, -0.1) is 0 Å². The van der Waals surface area contributed by atoms with E-state index in [4.69, 9.17) is 9.47 Å². The molecule has 0 atom stereocenters. The molecule has 1 heterocycles. The second kappa shape index (κ2) is 8.64. The van der Waals surface area contributed by atoms with Crippen LogP contribution in [0.3, 0.4) is 0 Å². The zero-order valence-electron chi connectivity index (χ0n) is 12.6. The third-order valence-electron chi connectivity index (χ3n) is 3.67. The second-order valence-electron chi connectivity index (χ2n) is 5.22. The number of hydrogen-bond acceptors (Lipinski definition) is 4. The molecule has 5 nitrogen and oxygen atoms in total. The molecule has 0 aliphatic carbocycles. The predicted molar refractivity (Wildman–Crippen MR) is 81.4 cm³/mol. The fourth-order valence-electron chi connectivity index (χ4n) is 2.44. The number of hydrogen-bond donors (Lipinski definition) is 1. The van der Waals surface area contributed by atoms with E-state index in [2.05, 4.69) is 10.2 Å². The van der Waals surface area contributed by atoms with Crippen LogP contribution >= 0.6 is 0 Å². The van der Waals surface area contributed by atoms with Gasteiger partial charge in [-0.1, -0.05) is 18.2 Å². The standard InChI is InChI=1S/C16H24N2O3/c1-20-14-7-10-18(11-8-14)13-16(19)17-9-12-21-15-5-3-2-4-6-15/h2-6,14H,7-13H2,1H3,(H,17,19). The number of carbonyl (C=O) groups excluding carboxylic acids is 1. The molecule has 1 amide bonds. The summed E-state index contributed by atoms with van der Waals surface area (Å²) in [5, 5.41) is 2.89. The Morgan fingerprint density at radius 2 is 2.00 bits per heavy atom. The quantitative estimate of drug-likeness (QED) is 0.770. The molecule has 1 aromatic rings. The van der Waals surface area contributed by atoms with Crippen LogP contribution in [0.15, 0.2) is 30.3 Å². The van der Waals surface area contributed by atoms with Crippen LogP contribution in [0.25, 0.3) is 0 Å². The minimum atomic E-state index is 0.0579. The molecule has 1 saturated heterocycles. The number of likely N-dealkylation sites (tertiary alicyclic amines) is 1. The smallest absolute Gasteiger partial charge is 0.234 e. The Morgan fingerprint density at radius 3 is 2.67 bits per heavy atom. The number of benzene rings is 1. The maximum atomic E-state index is 11.8. The predicted octanol–water partition coefficient (Wildman–Crippen LogP) is 1.29. The van der Waals surface area contributed by atoms with E-state index in [-0.39, 0.29) is 5.91 Å². The average Bonchev–Trinajstić information content (AvgIpc) is 2.53. The topological polar surface area (TPSA) is 50.8 Å². The van der Waals surface area contributed by atoms with Crippen molar-refractivity contribution in [1.29, 1.82) is 0 Å². The fraction of sp³-hybridized carbons (Fsp3) is 0.562. The highest BCUT2D eigenvalue weighted by atomic mass is 16.5. The number of carbonyl (C=O) groups is 1. The van der Waals surface area contributed by atoms with Gasteiger partial charge >= 0.3 is 0 Å². The highest BCUT2D eigenvalue weighted by Crippen LogP contribution is 2.12. The lowest BCUT2D eigenvalue weighted by Crippen LogP contribution is -2.43. The summed E-state index contributed by atoms with van der Waals surface area (Å²) < 4.78 is 10.9. The van der Waals surface area contributed by atoms with Gasteiger partial charge in [0.05, 0.1) is 19.2 Å². The summed E-state index contributed by atoms with van der Waals surface area (Å²) in [4.78, 5) is 14.0. The van der Waals surface area contributed by atoms with Crippen LogP contribution in [0.4, 0.5) is 0 Å². The van der Waals surface area contributed by atoms with Crippen LogP contribution in [0, 0.1) is 0 Å². The molecule has 0 radical (unpaired) electrons. The summed E-state index contributed by atoms with van der Waals surface area (Å²) in [6.07, 6.45) is 2.35. The van der Waals surface area contributed by atoms with Gasteiger partial charge < -0.3 is 14.8 Å². The average molecular weight is 292 g/mol. The number of piperidine rings is 1. The minimum absolute atomic E-state index is 0.0579. The van der Waals surface area contributed by atoms with Crippen LogP contribution in [-0.4, -0.2) is 56.8 Å². The first-order valence-electron chi connectivity index (χ1n) is 7.47. The molecule has 0 unspecified atom stereocenters. The maximum absolute atomic E-state index is 11.8. The molecule has 1 aliphatic heterocycles. The van der Waals surface area contributed by atoms with Crippen molar-refractivity contribution >= 4 is 5.91 Å². The first-order valence-corrected chi connectivity index (χ1v) is 7.47. The van der Waals surface area contributed by atoms with Gasteiger partial charge in [0, 0.05) is 20.2 Å². The third-order valence-corrected chi connectivity index (χ3v) is 3.67. The van der Waals surface area contributed by atoms with E-state index < -0.39 is 0 Å². The number of nitrogens with zero attached hydrogens (tertiary/aromatic N) is 1. The molecular weight excluding hydrogens is 268 g/mol. The Morgan fingerprint density at radius 1 is 1.29 bits per heavy atom. The minimum Gasteiger partial charge on any atom is -0.492 e. The molecular formula is C16H24N2O3. The first-order chi connectivity index (χ1) is 10.3.